The third kappa shape index (κ3) is 2.15. The molecule has 2 heterocycles. The molecule has 0 bridgehead atoms. The van der Waals surface area contributed by atoms with E-state index in [4.69, 9.17) is 4.42 Å². The zero-order chi connectivity index (χ0) is 13.2. The monoisotopic (exact) mass is 251 g/mol. The Morgan fingerprint density at radius 2 is 2.00 bits per heavy atom. The lowest BCUT2D eigenvalue weighted by atomic mass is 10.0. The number of rotatable bonds is 2. The van der Waals surface area contributed by atoms with Gasteiger partial charge in [-0.2, -0.15) is 0 Å². The molecule has 0 N–H and O–H groups in total. The molecule has 94 valence electrons. The van der Waals surface area contributed by atoms with Crippen molar-refractivity contribution < 1.29 is 8.98 Å². The van der Waals surface area contributed by atoms with Crippen LogP contribution in [0.1, 0.15) is 5.56 Å². The predicted molar refractivity (Wildman–Crippen MR) is 73.3 cm³/mol. The fourth-order valence-corrected chi connectivity index (χ4v) is 2.20. The quantitative estimate of drug-likeness (QED) is 0.655. The van der Waals surface area contributed by atoms with Crippen LogP contribution in [0.15, 0.2) is 59.5 Å². The molecule has 0 unspecified atom stereocenters. The second-order valence-electron chi connectivity index (χ2n) is 4.56. The first kappa shape index (κ1) is 11.7. The average Bonchev–Trinajstić information content (AvgIpc) is 2.94. The highest BCUT2D eigenvalue weighted by Gasteiger charge is 2.14. The Bertz CT molecular complexity index is 703. The van der Waals surface area contributed by atoms with Crippen molar-refractivity contribution in [3.63, 3.8) is 0 Å². The van der Waals surface area contributed by atoms with Gasteiger partial charge in [0.15, 0.2) is 6.20 Å². The molecule has 0 aliphatic heterocycles. The van der Waals surface area contributed by atoms with Crippen molar-refractivity contribution in [3.8, 4) is 22.7 Å². The molecule has 3 rings (SSSR count). The summed E-state index contributed by atoms with van der Waals surface area (Å²) in [6, 6.07) is 12.5. The Morgan fingerprint density at radius 1 is 1.16 bits per heavy atom. The standard InChI is InChI=1S/C16H15N2O/c1-12-5-3-4-6-14(12)15-11-13(7-9-18(15)2)16-17-8-10-19-16/h3-11H,1-2H3/q+1. The lowest BCUT2D eigenvalue weighted by Crippen LogP contribution is -2.30. The minimum absolute atomic E-state index is 0.649. The van der Waals surface area contributed by atoms with Gasteiger partial charge in [0.2, 0.25) is 11.6 Å². The number of pyridine rings is 1. The van der Waals surface area contributed by atoms with E-state index >= 15 is 0 Å². The maximum atomic E-state index is 5.36. The molecule has 0 aliphatic rings. The molecule has 3 heteroatoms. The first-order chi connectivity index (χ1) is 9.25. The largest absolute Gasteiger partial charge is 0.445 e. The minimum Gasteiger partial charge on any atom is -0.445 e. The molecule has 0 saturated carbocycles. The van der Waals surface area contributed by atoms with Crippen LogP contribution in [0.25, 0.3) is 22.7 Å². The highest BCUT2D eigenvalue weighted by molar-refractivity contribution is 5.66. The normalized spacial score (nSPS) is 10.6. The molecule has 3 aromatic rings. The number of benzene rings is 1. The second-order valence-corrected chi connectivity index (χ2v) is 4.56. The van der Waals surface area contributed by atoms with Crippen LogP contribution in [0, 0.1) is 6.92 Å². The second kappa shape index (κ2) is 4.69. The Labute approximate surface area is 112 Å². The van der Waals surface area contributed by atoms with Gasteiger partial charge in [-0.05, 0) is 18.6 Å². The molecule has 0 spiro atoms. The zero-order valence-electron chi connectivity index (χ0n) is 11.0. The summed E-state index contributed by atoms with van der Waals surface area (Å²) >= 11 is 0. The topological polar surface area (TPSA) is 29.9 Å². The zero-order valence-corrected chi connectivity index (χ0v) is 11.0. The summed E-state index contributed by atoms with van der Waals surface area (Å²) in [7, 11) is 2.04. The maximum Gasteiger partial charge on any atom is 0.226 e. The predicted octanol–water partition coefficient (Wildman–Crippen LogP) is 3.14. The Hall–Kier alpha value is -2.42. The number of hydrogen-bond acceptors (Lipinski definition) is 2. The number of oxazole rings is 1. The lowest BCUT2D eigenvalue weighted by Gasteiger charge is -2.05. The summed E-state index contributed by atoms with van der Waals surface area (Å²) in [4.78, 5) is 4.20. The molecule has 3 nitrogen and oxygen atoms in total. The van der Waals surface area contributed by atoms with Crippen LogP contribution in [0.3, 0.4) is 0 Å². The highest BCUT2D eigenvalue weighted by atomic mass is 16.3. The van der Waals surface area contributed by atoms with E-state index in [0.717, 1.165) is 11.3 Å². The van der Waals surface area contributed by atoms with Crippen LogP contribution in [0.2, 0.25) is 0 Å². The van der Waals surface area contributed by atoms with Gasteiger partial charge in [0.1, 0.15) is 13.3 Å². The Morgan fingerprint density at radius 3 is 2.74 bits per heavy atom. The van der Waals surface area contributed by atoms with Crippen molar-refractivity contribution in [2.45, 2.75) is 6.92 Å². The van der Waals surface area contributed by atoms with E-state index in [1.54, 1.807) is 12.5 Å². The summed E-state index contributed by atoms with van der Waals surface area (Å²) in [5.74, 6) is 0.649. The first-order valence-corrected chi connectivity index (χ1v) is 6.21. The van der Waals surface area contributed by atoms with E-state index in [9.17, 15) is 0 Å². The highest BCUT2D eigenvalue weighted by Crippen LogP contribution is 2.24. The summed E-state index contributed by atoms with van der Waals surface area (Å²) in [5, 5.41) is 0. The van der Waals surface area contributed by atoms with Gasteiger partial charge in [-0.3, -0.25) is 0 Å². The maximum absolute atomic E-state index is 5.36. The van der Waals surface area contributed by atoms with Gasteiger partial charge < -0.3 is 4.42 Å². The fourth-order valence-electron chi connectivity index (χ4n) is 2.20. The van der Waals surface area contributed by atoms with E-state index < -0.39 is 0 Å². The van der Waals surface area contributed by atoms with E-state index in [2.05, 4.69) is 46.8 Å². The summed E-state index contributed by atoms with van der Waals surface area (Å²) < 4.78 is 7.47. The molecule has 1 aromatic carbocycles. The molecular formula is C16H15N2O+. The van der Waals surface area contributed by atoms with Crippen LogP contribution in [-0.4, -0.2) is 4.98 Å². The van der Waals surface area contributed by atoms with Crippen LogP contribution in [0.4, 0.5) is 0 Å². The van der Waals surface area contributed by atoms with Crippen molar-refractivity contribution in [2.75, 3.05) is 0 Å². The molecule has 0 saturated heterocycles. The van der Waals surface area contributed by atoms with Crippen LogP contribution < -0.4 is 4.57 Å². The third-order valence-electron chi connectivity index (χ3n) is 3.25. The van der Waals surface area contributed by atoms with Gasteiger partial charge in [0.25, 0.3) is 0 Å². The number of aromatic nitrogens is 2. The van der Waals surface area contributed by atoms with E-state index in [1.165, 1.54) is 11.1 Å². The molecular weight excluding hydrogens is 236 g/mol. The summed E-state index contributed by atoms with van der Waals surface area (Å²) in [6.45, 7) is 2.12. The van der Waals surface area contributed by atoms with Crippen molar-refractivity contribution in [1.82, 2.24) is 4.98 Å². The Kier molecular flexibility index (Phi) is 2.88. The van der Waals surface area contributed by atoms with Gasteiger partial charge >= 0.3 is 0 Å². The molecule has 0 amide bonds. The van der Waals surface area contributed by atoms with Crippen LogP contribution in [-0.2, 0) is 7.05 Å². The SMILES string of the molecule is Cc1ccccc1-c1cc(-c2ncco2)cc[n+]1C. The molecule has 2 aromatic heterocycles. The van der Waals surface area contributed by atoms with Crippen molar-refractivity contribution >= 4 is 0 Å². The van der Waals surface area contributed by atoms with Crippen LogP contribution >= 0.6 is 0 Å². The minimum atomic E-state index is 0.649. The van der Waals surface area contributed by atoms with Gasteiger partial charge in [-0.25, -0.2) is 9.55 Å². The van der Waals surface area contributed by atoms with Gasteiger partial charge in [0.05, 0.1) is 6.20 Å². The van der Waals surface area contributed by atoms with Gasteiger partial charge in [-0.15, -0.1) is 0 Å². The van der Waals surface area contributed by atoms with E-state index in [1.807, 2.05) is 19.3 Å². The fraction of sp³-hybridized carbons (Fsp3) is 0.125. The third-order valence-corrected chi connectivity index (χ3v) is 3.25. The van der Waals surface area contributed by atoms with Crippen molar-refractivity contribution in [3.05, 3.63) is 60.6 Å². The van der Waals surface area contributed by atoms with Gasteiger partial charge in [0, 0.05) is 23.3 Å². The Balaban J connectivity index is 2.17. The summed E-state index contributed by atoms with van der Waals surface area (Å²) in [5.41, 5.74) is 4.61. The average molecular weight is 251 g/mol. The van der Waals surface area contributed by atoms with E-state index in [-0.39, 0.29) is 0 Å². The molecule has 0 atom stereocenters. The van der Waals surface area contributed by atoms with Crippen molar-refractivity contribution in [1.29, 1.82) is 0 Å². The molecule has 19 heavy (non-hydrogen) atoms. The lowest BCUT2D eigenvalue weighted by molar-refractivity contribution is -0.660. The number of aryl methyl sites for hydroxylation is 2. The summed E-state index contributed by atoms with van der Waals surface area (Å²) in [6.07, 6.45) is 5.28. The van der Waals surface area contributed by atoms with Crippen LogP contribution in [0.5, 0.6) is 0 Å². The van der Waals surface area contributed by atoms with E-state index in [0.29, 0.717) is 5.89 Å². The molecule has 0 fully saturated rings. The molecule has 0 aliphatic carbocycles. The van der Waals surface area contributed by atoms with Gasteiger partial charge in [-0.1, -0.05) is 18.2 Å². The number of nitrogens with zero attached hydrogens (tertiary/aromatic N) is 2. The number of hydrogen-bond donors (Lipinski definition) is 0. The first-order valence-electron chi connectivity index (χ1n) is 6.21. The van der Waals surface area contributed by atoms with Crippen molar-refractivity contribution in [2.24, 2.45) is 7.05 Å². The molecule has 0 radical (unpaired) electrons. The smallest absolute Gasteiger partial charge is 0.226 e.